The molecule has 1 aromatic carbocycles. The molecule has 3 nitrogen and oxygen atoms in total. The number of nitrogens with two attached hydrogens (primary N) is 1. The van der Waals surface area contributed by atoms with Crippen molar-refractivity contribution in [1.82, 2.24) is 4.90 Å². The number of nitrogens with zero attached hydrogens (tertiary/aromatic N) is 2. The predicted octanol–water partition coefficient (Wildman–Crippen LogP) is 2.87. The van der Waals surface area contributed by atoms with Gasteiger partial charge < -0.3 is 10.6 Å². The van der Waals surface area contributed by atoms with Crippen LogP contribution in [0.3, 0.4) is 0 Å². The number of thiophene rings is 1. The lowest BCUT2D eigenvalue weighted by Crippen LogP contribution is -2.35. The molecule has 2 aromatic rings. The fraction of sp³-hybridized carbons (Fsp3) is 0.214. The number of benzene rings is 1. The summed E-state index contributed by atoms with van der Waals surface area (Å²) >= 11 is 1.77. The van der Waals surface area contributed by atoms with Crippen molar-refractivity contribution < 1.29 is 0 Å². The van der Waals surface area contributed by atoms with Crippen LogP contribution in [0.15, 0.2) is 52.8 Å². The maximum atomic E-state index is 5.97. The zero-order valence-electron chi connectivity index (χ0n) is 10.4. The van der Waals surface area contributed by atoms with Gasteiger partial charge in [0.15, 0.2) is 5.96 Å². The first kappa shape index (κ1) is 12.6. The number of aliphatic imine (C=N–C) groups is 1. The van der Waals surface area contributed by atoms with E-state index in [4.69, 9.17) is 5.73 Å². The first-order valence-corrected chi connectivity index (χ1v) is 6.76. The van der Waals surface area contributed by atoms with Crippen LogP contribution >= 0.6 is 11.3 Å². The van der Waals surface area contributed by atoms with E-state index in [0.717, 1.165) is 18.7 Å². The van der Waals surface area contributed by atoms with E-state index in [2.05, 4.69) is 22.5 Å². The predicted molar refractivity (Wildman–Crippen MR) is 78.4 cm³/mol. The van der Waals surface area contributed by atoms with Gasteiger partial charge in [-0.3, -0.25) is 0 Å². The standard InChI is InChI=1S/C14H17N3S/c1-17(10-9-13-8-5-11-18-13)14(15)16-12-6-3-2-4-7-12/h2-8,11H,9-10H2,1H3,(H2,15,16). The van der Waals surface area contributed by atoms with Crippen molar-refractivity contribution >= 4 is 23.0 Å². The van der Waals surface area contributed by atoms with Gasteiger partial charge in [0.05, 0.1) is 5.69 Å². The van der Waals surface area contributed by atoms with Crippen LogP contribution in [0.1, 0.15) is 4.88 Å². The molecule has 1 aromatic heterocycles. The van der Waals surface area contributed by atoms with E-state index >= 15 is 0 Å². The van der Waals surface area contributed by atoms with Crippen LogP contribution in [-0.4, -0.2) is 24.5 Å². The lowest BCUT2D eigenvalue weighted by molar-refractivity contribution is 0.504. The third kappa shape index (κ3) is 3.60. The smallest absolute Gasteiger partial charge is 0.196 e. The Morgan fingerprint density at radius 3 is 2.67 bits per heavy atom. The molecule has 0 atom stereocenters. The maximum Gasteiger partial charge on any atom is 0.196 e. The minimum Gasteiger partial charge on any atom is -0.369 e. The van der Waals surface area contributed by atoms with E-state index in [1.807, 2.05) is 42.3 Å². The molecule has 0 bridgehead atoms. The Hall–Kier alpha value is -1.81. The number of para-hydroxylation sites is 1. The molecule has 18 heavy (non-hydrogen) atoms. The summed E-state index contributed by atoms with van der Waals surface area (Å²) in [6, 6.07) is 14.0. The average Bonchev–Trinajstić information content (AvgIpc) is 2.90. The molecule has 2 rings (SSSR count). The highest BCUT2D eigenvalue weighted by molar-refractivity contribution is 7.09. The zero-order chi connectivity index (χ0) is 12.8. The first-order chi connectivity index (χ1) is 8.75. The van der Waals surface area contributed by atoms with Crippen molar-refractivity contribution in [1.29, 1.82) is 0 Å². The molecule has 4 heteroatoms. The maximum absolute atomic E-state index is 5.97. The molecule has 0 amide bonds. The van der Waals surface area contributed by atoms with Gasteiger partial charge in [0.1, 0.15) is 0 Å². The van der Waals surface area contributed by atoms with Crippen molar-refractivity contribution in [3.63, 3.8) is 0 Å². The molecule has 0 radical (unpaired) electrons. The minimum atomic E-state index is 0.553. The lowest BCUT2D eigenvalue weighted by atomic mass is 10.3. The van der Waals surface area contributed by atoms with Crippen LogP contribution in [0.2, 0.25) is 0 Å². The van der Waals surface area contributed by atoms with Gasteiger partial charge in [-0.2, -0.15) is 0 Å². The number of likely N-dealkylation sites (N-methyl/N-ethyl adjacent to an activating group) is 1. The van der Waals surface area contributed by atoms with E-state index in [-0.39, 0.29) is 0 Å². The third-order valence-corrected chi connectivity index (χ3v) is 3.60. The minimum absolute atomic E-state index is 0.553. The largest absolute Gasteiger partial charge is 0.369 e. The highest BCUT2D eigenvalue weighted by atomic mass is 32.1. The lowest BCUT2D eigenvalue weighted by Gasteiger charge is -2.17. The fourth-order valence-corrected chi connectivity index (χ4v) is 2.27. The Labute approximate surface area is 112 Å². The Morgan fingerprint density at radius 1 is 1.22 bits per heavy atom. The molecule has 0 unspecified atom stereocenters. The molecule has 0 spiro atoms. The van der Waals surface area contributed by atoms with Gasteiger partial charge in [-0.1, -0.05) is 24.3 Å². The Bertz CT molecular complexity index is 491. The second-order valence-electron chi connectivity index (χ2n) is 4.06. The summed E-state index contributed by atoms with van der Waals surface area (Å²) in [5.74, 6) is 0.553. The van der Waals surface area contributed by atoms with Crippen molar-refractivity contribution in [2.24, 2.45) is 10.7 Å². The first-order valence-electron chi connectivity index (χ1n) is 5.88. The van der Waals surface area contributed by atoms with Crippen molar-refractivity contribution in [2.45, 2.75) is 6.42 Å². The van der Waals surface area contributed by atoms with Crippen LogP contribution < -0.4 is 5.73 Å². The van der Waals surface area contributed by atoms with Gasteiger partial charge in [-0.25, -0.2) is 4.99 Å². The summed E-state index contributed by atoms with van der Waals surface area (Å²) in [5.41, 5.74) is 6.86. The van der Waals surface area contributed by atoms with Crippen LogP contribution in [0.4, 0.5) is 5.69 Å². The summed E-state index contributed by atoms with van der Waals surface area (Å²) in [7, 11) is 1.97. The second kappa shape index (κ2) is 6.21. The Kier molecular flexibility index (Phi) is 4.36. The van der Waals surface area contributed by atoms with Gasteiger partial charge in [0.25, 0.3) is 0 Å². The number of rotatable bonds is 4. The molecule has 0 fully saturated rings. The number of hydrogen-bond donors (Lipinski definition) is 1. The van der Waals surface area contributed by atoms with Gasteiger partial charge in [-0.15, -0.1) is 11.3 Å². The van der Waals surface area contributed by atoms with E-state index < -0.39 is 0 Å². The highest BCUT2D eigenvalue weighted by Gasteiger charge is 2.03. The normalized spacial score (nSPS) is 11.5. The van der Waals surface area contributed by atoms with Crippen LogP contribution in [0.25, 0.3) is 0 Å². The summed E-state index contributed by atoms with van der Waals surface area (Å²) in [4.78, 5) is 7.73. The number of hydrogen-bond acceptors (Lipinski definition) is 2. The Morgan fingerprint density at radius 2 is 2.00 bits per heavy atom. The van der Waals surface area contributed by atoms with Crippen molar-refractivity contribution in [2.75, 3.05) is 13.6 Å². The summed E-state index contributed by atoms with van der Waals surface area (Å²) < 4.78 is 0. The summed E-state index contributed by atoms with van der Waals surface area (Å²) in [5, 5.41) is 2.09. The molecule has 0 aliphatic carbocycles. The van der Waals surface area contributed by atoms with Crippen LogP contribution in [0, 0.1) is 0 Å². The Balaban J connectivity index is 1.92. The molecular weight excluding hydrogens is 242 g/mol. The van der Waals surface area contributed by atoms with E-state index in [1.165, 1.54) is 4.88 Å². The monoisotopic (exact) mass is 259 g/mol. The number of guanidine groups is 1. The highest BCUT2D eigenvalue weighted by Crippen LogP contribution is 2.11. The van der Waals surface area contributed by atoms with Crippen molar-refractivity contribution in [3.8, 4) is 0 Å². The van der Waals surface area contributed by atoms with E-state index in [1.54, 1.807) is 11.3 Å². The molecule has 2 N–H and O–H groups in total. The summed E-state index contributed by atoms with van der Waals surface area (Å²) in [6.07, 6.45) is 0.999. The quantitative estimate of drug-likeness (QED) is 0.677. The second-order valence-corrected chi connectivity index (χ2v) is 5.09. The van der Waals surface area contributed by atoms with Gasteiger partial charge >= 0.3 is 0 Å². The van der Waals surface area contributed by atoms with Gasteiger partial charge in [0.2, 0.25) is 0 Å². The van der Waals surface area contributed by atoms with Gasteiger partial charge in [0, 0.05) is 18.5 Å². The molecule has 0 saturated carbocycles. The molecule has 0 aliphatic rings. The molecule has 0 saturated heterocycles. The topological polar surface area (TPSA) is 41.6 Å². The third-order valence-electron chi connectivity index (χ3n) is 2.66. The average molecular weight is 259 g/mol. The van der Waals surface area contributed by atoms with E-state index in [0.29, 0.717) is 5.96 Å². The molecule has 94 valence electrons. The van der Waals surface area contributed by atoms with Crippen molar-refractivity contribution in [3.05, 3.63) is 52.7 Å². The van der Waals surface area contributed by atoms with Crippen LogP contribution in [0.5, 0.6) is 0 Å². The molecule has 0 aliphatic heterocycles. The summed E-state index contributed by atoms with van der Waals surface area (Å²) in [6.45, 7) is 0.878. The van der Waals surface area contributed by atoms with Crippen LogP contribution in [-0.2, 0) is 6.42 Å². The van der Waals surface area contributed by atoms with Gasteiger partial charge in [-0.05, 0) is 30.0 Å². The molecule has 1 heterocycles. The molecular formula is C14H17N3S. The van der Waals surface area contributed by atoms with E-state index in [9.17, 15) is 0 Å². The zero-order valence-corrected chi connectivity index (χ0v) is 11.2. The fourth-order valence-electron chi connectivity index (χ4n) is 1.57. The SMILES string of the molecule is CN(CCc1cccs1)C(N)=Nc1ccccc1.